The van der Waals surface area contributed by atoms with E-state index in [1.165, 1.54) is 17.0 Å². The number of para-hydroxylation sites is 2. The maximum absolute atomic E-state index is 14.1. The van der Waals surface area contributed by atoms with Gasteiger partial charge in [-0.3, -0.25) is 14.5 Å². The zero-order valence-corrected chi connectivity index (χ0v) is 17.1. The number of carbonyl (C=O) groups excluding carboxylic acids is 2. The first kappa shape index (κ1) is 20.6. The number of amides is 2. The lowest BCUT2D eigenvalue weighted by atomic mass is 10.1. The Morgan fingerprint density at radius 1 is 1.03 bits per heavy atom. The summed E-state index contributed by atoms with van der Waals surface area (Å²) >= 11 is 6.13. The second-order valence-corrected chi connectivity index (χ2v) is 7.27. The number of nitrogens with one attached hydrogen (secondary N) is 1. The summed E-state index contributed by atoms with van der Waals surface area (Å²) in [5, 5.41) is 3.32. The van der Waals surface area contributed by atoms with Crippen LogP contribution in [0, 0.1) is 5.82 Å². The molecule has 0 aliphatic carbocycles. The maximum atomic E-state index is 14.1. The van der Waals surface area contributed by atoms with Gasteiger partial charge in [-0.25, -0.2) is 4.39 Å². The van der Waals surface area contributed by atoms with Crippen molar-refractivity contribution in [3.8, 4) is 5.75 Å². The Labute approximate surface area is 183 Å². The average molecular weight is 437 g/mol. The van der Waals surface area contributed by atoms with Gasteiger partial charge in [0.1, 0.15) is 12.4 Å². The van der Waals surface area contributed by atoms with Crippen molar-refractivity contribution in [1.82, 2.24) is 5.32 Å². The van der Waals surface area contributed by atoms with Gasteiger partial charge in [-0.2, -0.15) is 0 Å². The Kier molecular flexibility index (Phi) is 6.00. The van der Waals surface area contributed by atoms with Gasteiger partial charge in [-0.05, 0) is 35.9 Å². The molecule has 31 heavy (non-hydrogen) atoms. The number of carbonyl (C=O) groups is 2. The molecule has 7 heteroatoms. The van der Waals surface area contributed by atoms with E-state index in [9.17, 15) is 14.0 Å². The molecule has 3 aromatic carbocycles. The van der Waals surface area contributed by atoms with E-state index in [0.717, 1.165) is 5.56 Å². The molecule has 156 valence electrons. The van der Waals surface area contributed by atoms with Crippen LogP contribution in [0.1, 0.15) is 11.1 Å². The lowest BCUT2D eigenvalue weighted by Gasteiger charge is -2.30. The van der Waals surface area contributed by atoms with Crippen molar-refractivity contribution in [1.29, 1.82) is 0 Å². The molecule has 4 rings (SSSR count). The van der Waals surface area contributed by atoms with Gasteiger partial charge in [0.2, 0.25) is 5.91 Å². The van der Waals surface area contributed by atoms with Crippen molar-refractivity contribution < 1.29 is 18.7 Å². The number of anilines is 1. The van der Waals surface area contributed by atoms with Crippen molar-refractivity contribution in [2.24, 2.45) is 0 Å². The highest BCUT2D eigenvalue weighted by molar-refractivity contribution is 6.31. The number of benzene rings is 3. The molecule has 1 aliphatic heterocycles. The number of hydrogen-bond donors (Lipinski definition) is 1. The Morgan fingerprint density at radius 2 is 1.74 bits per heavy atom. The molecular formula is C24H18ClFN2O3. The molecule has 0 radical (unpaired) electrons. The summed E-state index contributed by atoms with van der Waals surface area (Å²) < 4.78 is 19.8. The second kappa shape index (κ2) is 9.02. The van der Waals surface area contributed by atoms with Crippen LogP contribution in [0.5, 0.6) is 5.75 Å². The number of ether oxygens (including phenoxy) is 1. The molecule has 1 aliphatic rings. The van der Waals surface area contributed by atoms with Crippen molar-refractivity contribution in [3.63, 3.8) is 0 Å². The molecule has 0 atom stereocenters. The fourth-order valence-electron chi connectivity index (χ4n) is 3.19. The van der Waals surface area contributed by atoms with Crippen LogP contribution in [0.3, 0.4) is 0 Å². The third-order valence-electron chi connectivity index (χ3n) is 4.76. The van der Waals surface area contributed by atoms with E-state index in [1.807, 2.05) is 12.1 Å². The van der Waals surface area contributed by atoms with E-state index in [1.54, 1.807) is 54.6 Å². The molecule has 0 aromatic heterocycles. The first-order valence-corrected chi connectivity index (χ1v) is 9.96. The highest BCUT2D eigenvalue weighted by Gasteiger charge is 2.31. The van der Waals surface area contributed by atoms with Crippen LogP contribution < -0.4 is 15.0 Å². The normalized spacial score (nSPS) is 14.2. The van der Waals surface area contributed by atoms with Gasteiger partial charge in [0.15, 0.2) is 11.5 Å². The predicted molar refractivity (Wildman–Crippen MR) is 117 cm³/mol. The standard InChI is InChI=1S/C24H18ClFN2O3/c25-18-9-3-1-8-17(18)14-27-23(29)15-28-20-11-5-6-12-21(20)31-22(24(28)30)13-16-7-2-4-10-19(16)26/h1-13H,14-15H2,(H,27,29)/b22-13-. The van der Waals surface area contributed by atoms with Gasteiger partial charge < -0.3 is 10.1 Å². The van der Waals surface area contributed by atoms with Crippen molar-refractivity contribution >= 4 is 35.2 Å². The fourth-order valence-corrected chi connectivity index (χ4v) is 3.39. The monoisotopic (exact) mass is 436 g/mol. The molecule has 0 bridgehead atoms. The second-order valence-electron chi connectivity index (χ2n) is 6.86. The maximum Gasteiger partial charge on any atom is 0.294 e. The molecule has 3 aromatic rings. The largest absolute Gasteiger partial charge is 0.449 e. The van der Waals surface area contributed by atoms with Gasteiger partial charge in [0.25, 0.3) is 5.91 Å². The van der Waals surface area contributed by atoms with Gasteiger partial charge in [-0.1, -0.05) is 60.1 Å². The van der Waals surface area contributed by atoms with E-state index < -0.39 is 11.7 Å². The van der Waals surface area contributed by atoms with Gasteiger partial charge in [0, 0.05) is 17.1 Å². The minimum absolute atomic E-state index is 0.0669. The number of nitrogens with zero attached hydrogens (tertiary/aromatic N) is 1. The number of fused-ring (bicyclic) bond motifs is 1. The molecule has 1 N–H and O–H groups in total. The van der Waals surface area contributed by atoms with Crippen LogP contribution in [0.2, 0.25) is 5.02 Å². The third kappa shape index (κ3) is 4.59. The molecule has 0 saturated heterocycles. The highest BCUT2D eigenvalue weighted by Crippen LogP contribution is 2.35. The molecule has 0 saturated carbocycles. The topological polar surface area (TPSA) is 58.6 Å². The first-order valence-electron chi connectivity index (χ1n) is 9.58. The van der Waals surface area contributed by atoms with Gasteiger partial charge in [-0.15, -0.1) is 0 Å². The number of halogens is 2. The Bertz CT molecular complexity index is 1180. The van der Waals surface area contributed by atoms with Gasteiger partial charge >= 0.3 is 0 Å². The third-order valence-corrected chi connectivity index (χ3v) is 5.13. The summed E-state index contributed by atoms with van der Waals surface area (Å²) in [5.41, 5.74) is 1.45. The van der Waals surface area contributed by atoms with E-state index in [4.69, 9.17) is 16.3 Å². The smallest absolute Gasteiger partial charge is 0.294 e. The molecule has 0 spiro atoms. The molecule has 1 heterocycles. The van der Waals surface area contributed by atoms with Crippen LogP contribution in [0.4, 0.5) is 10.1 Å². The molecule has 0 fully saturated rings. The summed E-state index contributed by atoms with van der Waals surface area (Å²) in [4.78, 5) is 27.0. The Hall–Kier alpha value is -3.64. The number of hydrogen-bond acceptors (Lipinski definition) is 3. The van der Waals surface area contributed by atoms with Crippen LogP contribution in [-0.4, -0.2) is 18.4 Å². The van der Waals surface area contributed by atoms with E-state index in [2.05, 4.69) is 5.32 Å². The van der Waals surface area contributed by atoms with E-state index in [-0.39, 0.29) is 30.3 Å². The van der Waals surface area contributed by atoms with E-state index >= 15 is 0 Å². The summed E-state index contributed by atoms with van der Waals surface area (Å²) in [6.45, 7) is 0.00881. The van der Waals surface area contributed by atoms with Crippen LogP contribution in [0.25, 0.3) is 6.08 Å². The lowest BCUT2D eigenvalue weighted by Crippen LogP contribution is -2.44. The summed E-state index contributed by atoms with van der Waals surface area (Å²) in [6, 6.07) is 20.1. The Morgan fingerprint density at radius 3 is 2.55 bits per heavy atom. The molecule has 5 nitrogen and oxygen atoms in total. The summed E-state index contributed by atoms with van der Waals surface area (Å²) in [7, 11) is 0. The lowest BCUT2D eigenvalue weighted by molar-refractivity contribution is -0.123. The zero-order valence-electron chi connectivity index (χ0n) is 16.3. The summed E-state index contributed by atoms with van der Waals surface area (Å²) in [6.07, 6.45) is 1.34. The minimum atomic E-state index is -0.533. The average Bonchev–Trinajstić information content (AvgIpc) is 2.77. The Balaban J connectivity index is 1.57. The number of rotatable bonds is 5. The van der Waals surface area contributed by atoms with Crippen LogP contribution in [0.15, 0.2) is 78.6 Å². The van der Waals surface area contributed by atoms with Gasteiger partial charge in [0.05, 0.1) is 5.69 Å². The summed E-state index contributed by atoms with van der Waals surface area (Å²) in [5.74, 6) is -1.04. The quantitative estimate of drug-likeness (QED) is 0.596. The van der Waals surface area contributed by atoms with Crippen molar-refractivity contribution in [3.05, 3.63) is 101 Å². The first-order chi connectivity index (χ1) is 15.0. The molecular weight excluding hydrogens is 419 g/mol. The van der Waals surface area contributed by atoms with Crippen LogP contribution in [-0.2, 0) is 16.1 Å². The van der Waals surface area contributed by atoms with Crippen molar-refractivity contribution in [2.45, 2.75) is 6.54 Å². The highest BCUT2D eigenvalue weighted by atomic mass is 35.5. The zero-order chi connectivity index (χ0) is 21.8. The fraction of sp³-hybridized carbons (Fsp3) is 0.0833. The minimum Gasteiger partial charge on any atom is -0.449 e. The SMILES string of the molecule is O=C(CN1C(=O)/C(=C/c2ccccc2F)Oc2ccccc21)NCc1ccccc1Cl. The predicted octanol–water partition coefficient (Wildman–Crippen LogP) is 4.56. The van der Waals surface area contributed by atoms with Crippen LogP contribution >= 0.6 is 11.6 Å². The molecule has 0 unspecified atom stereocenters. The van der Waals surface area contributed by atoms with E-state index in [0.29, 0.717) is 16.5 Å². The van der Waals surface area contributed by atoms with Crippen molar-refractivity contribution in [2.75, 3.05) is 11.4 Å². The molecule has 2 amide bonds.